The minimum Gasteiger partial charge on any atom is -0.506 e. The maximum Gasteiger partial charge on any atom is 0.142 e. The average Bonchev–Trinajstić information content (AvgIpc) is 2.79. The first kappa shape index (κ1) is 21.4. The van der Waals surface area contributed by atoms with E-state index in [9.17, 15) is 5.11 Å². The van der Waals surface area contributed by atoms with Crippen molar-refractivity contribution in [2.45, 2.75) is 39.8 Å². The number of aryl methyl sites for hydroxylation is 1. The molecule has 0 atom stereocenters. The third-order valence-electron chi connectivity index (χ3n) is 5.03. The Hall–Kier alpha value is -3.36. The van der Waals surface area contributed by atoms with Crippen LogP contribution in [0.25, 0.3) is 11.1 Å². The summed E-state index contributed by atoms with van der Waals surface area (Å²) in [4.78, 5) is 4.27. The van der Waals surface area contributed by atoms with Gasteiger partial charge in [-0.2, -0.15) is 5.26 Å². The molecule has 0 saturated heterocycles. The molecule has 154 valence electrons. The summed E-state index contributed by atoms with van der Waals surface area (Å²) in [5, 5.41) is 22.8. The lowest BCUT2D eigenvalue weighted by molar-refractivity contribution is 0.117. The Balaban J connectivity index is 1.68. The first-order valence-electron chi connectivity index (χ1n) is 10.2. The lowest BCUT2D eigenvalue weighted by atomic mass is 10.0. The Morgan fingerprint density at radius 1 is 1.07 bits per heavy atom. The van der Waals surface area contributed by atoms with Gasteiger partial charge in [-0.1, -0.05) is 37.6 Å². The maximum atomic E-state index is 10.5. The Morgan fingerprint density at radius 3 is 2.37 bits per heavy atom. The van der Waals surface area contributed by atoms with Gasteiger partial charge in [-0.05, 0) is 48.7 Å². The molecule has 1 aromatic heterocycles. The Morgan fingerprint density at radius 2 is 1.73 bits per heavy atom. The Kier molecular flexibility index (Phi) is 7.42. The molecule has 0 spiro atoms. The van der Waals surface area contributed by atoms with Crippen LogP contribution >= 0.6 is 0 Å². The van der Waals surface area contributed by atoms with E-state index in [0.717, 1.165) is 40.8 Å². The highest BCUT2D eigenvalue weighted by Gasteiger charge is 2.12. The fraction of sp³-hybridized carbons (Fsp3) is 0.280. The number of hydrogen-bond acceptors (Lipinski definition) is 5. The molecule has 3 aromatic rings. The second-order valence-corrected chi connectivity index (χ2v) is 7.22. The van der Waals surface area contributed by atoms with Gasteiger partial charge in [-0.15, -0.1) is 0 Å². The van der Waals surface area contributed by atoms with E-state index in [1.807, 2.05) is 48.5 Å². The van der Waals surface area contributed by atoms with Crippen LogP contribution in [0.1, 0.15) is 42.1 Å². The molecule has 0 aliphatic heterocycles. The summed E-state index contributed by atoms with van der Waals surface area (Å²) >= 11 is 0. The van der Waals surface area contributed by atoms with Crippen LogP contribution in [-0.4, -0.2) is 16.7 Å². The highest BCUT2D eigenvalue weighted by Crippen LogP contribution is 2.27. The molecule has 30 heavy (non-hydrogen) atoms. The quantitative estimate of drug-likeness (QED) is 0.459. The second-order valence-electron chi connectivity index (χ2n) is 7.22. The molecule has 0 saturated carbocycles. The van der Waals surface area contributed by atoms with Crippen molar-refractivity contribution in [1.82, 2.24) is 4.98 Å². The summed E-state index contributed by atoms with van der Waals surface area (Å²) in [6.45, 7) is 5.56. The number of nitrogens with zero attached hydrogens (tertiary/aromatic N) is 2. The molecule has 0 fully saturated rings. The van der Waals surface area contributed by atoms with Gasteiger partial charge < -0.3 is 15.2 Å². The summed E-state index contributed by atoms with van der Waals surface area (Å²) in [5.41, 5.74) is 6.08. The van der Waals surface area contributed by atoms with Crippen LogP contribution in [-0.2, 0) is 17.9 Å². The van der Waals surface area contributed by atoms with Gasteiger partial charge in [0.25, 0.3) is 0 Å². The summed E-state index contributed by atoms with van der Waals surface area (Å²) < 4.78 is 5.73. The standard InChI is InChI=1S/C25H27N3O2/c1-3-4-13-30-17-22-15-27-18(2)25(29)24(22)16-28-23-11-9-21(10-12-23)20-7-5-19(14-26)6-8-20/h5-12,15,28-29H,3-4,13,16-17H2,1-2H3. The molecule has 0 aliphatic rings. The molecule has 5 heteroatoms. The maximum absolute atomic E-state index is 10.5. The van der Waals surface area contributed by atoms with Crippen LogP contribution in [0.15, 0.2) is 54.7 Å². The summed E-state index contributed by atoms with van der Waals surface area (Å²) in [6, 6.07) is 17.8. The molecule has 0 aliphatic carbocycles. The molecule has 5 nitrogen and oxygen atoms in total. The van der Waals surface area contributed by atoms with Gasteiger partial charge in [-0.25, -0.2) is 0 Å². The molecule has 2 aromatic carbocycles. The molecule has 0 bridgehead atoms. The van der Waals surface area contributed by atoms with Gasteiger partial charge in [-0.3, -0.25) is 4.98 Å². The lowest BCUT2D eigenvalue weighted by Crippen LogP contribution is -2.07. The first-order valence-corrected chi connectivity index (χ1v) is 10.2. The smallest absolute Gasteiger partial charge is 0.142 e. The van der Waals surface area contributed by atoms with E-state index >= 15 is 0 Å². The van der Waals surface area contributed by atoms with Crippen LogP contribution in [0.2, 0.25) is 0 Å². The zero-order valence-electron chi connectivity index (χ0n) is 17.5. The van der Waals surface area contributed by atoms with Gasteiger partial charge in [0.2, 0.25) is 0 Å². The molecule has 1 heterocycles. The van der Waals surface area contributed by atoms with E-state index in [4.69, 9.17) is 10.00 Å². The normalized spacial score (nSPS) is 10.6. The van der Waals surface area contributed by atoms with Gasteiger partial charge in [0.05, 0.1) is 23.9 Å². The van der Waals surface area contributed by atoms with Crippen molar-refractivity contribution in [2.24, 2.45) is 0 Å². The molecule has 0 unspecified atom stereocenters. The van der Waals surface area contributed by atoms with Crippen LogP contribution in [0.5, 0.6) is 5.75 Å². The number of pyridine rings is 1. The minimum atomic E-state index is 0.216. The first-order chi connectivity index (χ1) is 14.6. The van der Waals surface area contributed by atoms with E-state index in [1.165, 1.54) is 0 Å². The molecule has 2 N–H and O–H groups in total. The highest BCUT2D eigenvalue weighted by atomic mass is 16.5. The molecule has 3 rings (SSSR count). The van der Waals surface area contributed by atoms with Crippen LogP contribution < -0.4 is 5.32 Å². The van der Waals surface area contributed by atoms with Crippen LogP contribution in [0.3, 0.4) is 0 Å². The summed E-state index contributed by atoms with van der Waals surface area (Å²) in [7, 11) is 0. The number of ether oxygens (including phenoxy) is 1. The third kappa shape index (κ3) is 5.37. The fourth-order valence-corrected chi connectivity index (χ4v) is 3.14. The van der Waals surface area contributed by atoms with Gasteiger partial charge in [0.1, 0.15) is 5.75 Å². The Labute approximate surface area is 178 Å². The molecule has 0 radical (unpaired) electrons. The number of aromatic hydroxyl groups is 1. The lowest BCUT2D eigenvalue weighted by Gasteiger charge is -2.15. The van der Waals surface area contributed by atoms with Crippen molar-refractivity contribution in [3.63, 3.8) is 0 Å². The van der Waals surface area contributed by atoms with E-state index in [2.05, 4.69) is 23.3 Å². The zero-order chi connectivity index (χ0) is 21.3. The molecular formula is C25H27N3O2. The minimum absolute atomic E-state index is 0.216. The van der Waals surface area contributed by atoms with Crippen molar-refractivity contribution >= 4 is 5.69 Å². The number of hydrogen-bond donors (Lipinski definition) is 2. The van der Waals surface area contributed by atoms with E-state index in [0.29, 0.717) is 31.0 Å². The van der Waals surface area contributed by atoms with Crippen molar-refractivity contribution in [3.05, 3.63) is 77.1 Å². The predicted molar refractivity (Wildman–Crippen MR) is 119 cm³/mol. The average molecular weight is 402 g/mol. The van der Waals surface area contributed by atoms with E-state index in [1.54, 1.807) is 13.1 Å². The molecule has 0 amide bonds. The topological polar surface area (TPSA) is 78.2 Å². The number of nitrogens with one attached hydrogen (secondary N) is 1. The van der Waals surface area contributed by atoms with Crippen molar-refractivity contribution in [3.8, 4) is 22.9 Å². The second kappa shape index (κ2) is 10.4. The SMILES string of the molecule is CCCCOCc1cnc(C)c(O)c1CNc1ccc(-c2ccc(C#N)cc2)cc1. The van der Waals surface area contributed by atoms with Crippen molar-refractivity contribution in [2.75, 3.05) is 11.9 Å². The zero-order valence-corrected chi connectivity index (χ0v) is 17.5. The van der Waals surface area contributed by atoms with Crippen molar-refractivity contribution < 1.29 is 9.84 Å². The highest BCUT2D eigenvalue weighted by molar-refractivity contribution is 5.66. The van der Waals surface area contributed by atoms with Crippen LogP contribution in [0, 0.1) is 18.3 Å². The largest absolute Gasteiger partial charge is 0.506 e. The van der Waals surface area contributed by atoms with Gasteiger partial charge in [0.15, 0.2) is 0 Å². The molecular weight excluding hydrogens is 374 g/mol. The Bertz CT molecular complexity index is 1010. The van der Waals surface area contributed by atoms with Gasteiger partial charge >= 0.3 is 0 Å². The summed E-state index contributed by atoms with van der Waals surface area (Å²) in [6.07, 6.45) is 3.89. The fourth-order valence-electron chi connectivity index (χ4n) is 3.14. The number of aromatic nitrogens is 1. The van der Waals surface area contributed by atoms with Crippen molar-refractivity contribution in [1.29, 1.82) is 5.26 Å². The number of anilines is 1. The summed E-state index contributed by atoms with van der Waals surface area (Å²) in [5.74, 6) is 0.216. The monoisotopic (exact) mass is 401 g/mol. The van der Waals surface area contributed by atoms with E-state index < -0.39 is 0 Å². The van der Waals surface area contributed by atoms with Gasteiger partial charge in [0, 0.05) is 36.2 Å². The third-order valence-corrected chi connectivity index (χ3v) is 5.03. The van der Waals surface area contributed by atoms with E-state index in [-0.39, 0.29) is 5.75 Å². The predicted octanol–water partition coefficient (Wildman–Crippen LogP) is 5.56. The number of nitriles is 1. The number of rotatable bonds is 9. The number of unbranched alkanes of at least 4 members (excludes halogenated alkanes) is 1. The van der Waals surface area contributed by atoms with Crippen LogP contribution in [0.4, 0.5) is 5.69 Å². The number of benzene rings is 2.